The lowest BCUT2D eigenvalue weighted by molar-refractivity contribution is -0.154. The predicted octanol–water partition coefficient (Wildman–Crippen LogP) is 3.28. The summed E-state index contributed by atoms with van der Waals surface area (Å²) in [6, 6.07) is 1.96. The van der Waals surface area contributed by atoms with Crippen LogP contribution in [0.25, 0.3) is 0 Å². The number of thiophene rings is 1. The third kappa shape index (κ3) is 1.93. The third-order valence-electron chi connectivity index (χ3n) is 4.29. The van der Waals surface area contributed by atoms with E-state index in [-0.39, 0.29) is 11.8 Å². The highest BCUT2D eigenvalue weighted by atomic mass is 32.1. The minimum Gasteiger partial charge on any atom is -0.450 e. The molecule has 1 saturated heterocycles. The molecule has 0 amide bonds. The van der Waals surface area contributed by atoms with Gasteiger partial charge in [0, 0.05) is 9.75 Å². The lowest BCUT2D eigenvalue weighted by atomic mass is 9.78. The van der Waals surface area contributed by atoms with Crippen molar-refractivity contribution in [2.75, 3.05) is 0 Å². The van der Waals surface area contributed by atoms with Gasteiger partial charge in [-0.3, -0.25) is 9.59 Å². The SMILES string of the molecule is Cc1cc(C2C(=O)OC3(CCCCC3)C2=O)c(C)s1. The van der Waals surface area contributed by atoms with E-state index in [1.165, 1.54) is 0 Å². The van der Waals surface area contributed by atoms with Gasteiger partial charge in [0.1, 0.15) is 5.92 Å². The van der Waals surface area contributed by atoms with Crippen molar-refractivity contribution in [2.24, 2.45) is 0 Å². The van der Waals surface area contributed by atoms with Gasteiger partial charge in [0.2, 0.25) is 0 Å². The minimum absolute atomic E-state index is 0.00176. The molecule has 0 aromatic carbocycles. The van der Waals surface area contributed by atoms with Gasteiger partial charge in [-0.15, -0.1) is 11.3 Å². The summed E-state index contributed by atoms with van der Waals surface area (Å²) in [6.07, 6.45) is 4.50. The van der Waals surface area contributed by atoms with Gasteiger partial charge in [-0.1, -0.05) is 6.42 Å². The van der Waals surface area contributed by atoms with Gasteiger partial charge in [-0.25, -0.2) is 0 Å². The number of carbonyl (C=O) groups is 2. The van der Waals surface area contributed by atoms with Crippen molar-refractivity contribution in [3.63, 3.8) is 0 Å². The Morgan fingerprint density at radius 3 is 2.47 bits per heavy atom. The van der Waals surface area contributed by atoms with E-state index in [4.69, 9.17) is 4.74 Å². The van der Waals surface area contributed by atoms with Crippen molar-refractivity contribution in [3.05, 3.63) is 21.4 Å². The average molecular weight is 278 g/mol. The van der Waals surface area contributed by atoms with Crippen molar-refractivity contribution in [1.29, 1.82) is 0 Å². The van der Waals surface area contributed by atoms with Gasteiger partial charge in [0.15, 0.2) is 11.4 Å². The summed E-state index contributed by atoms with van der Waals surface area (Å²) in [5.74, 6) is -1.02. The number of hydrogen-bond acceptors (Lipinski definition) is 4. The van der Waals surface area contributed by atoms with E-state index in [0.717, 1.165) is 34.6 Å². The van der Waals surface area contributed by atoms with Crippen molar-refractivity contribution < 1.29 is 14.3 Å². The second-order valence-corrected chi connectivity index (χ2v) is 7.10. The first-order valence-electron chi connectivity index (χ1n) is 6.88. The van der Waals surface area contributed by atoms with Crippen LogP contribution in [0.5, 0.6) is 0 Å². The Hall–Kier alpha value is -1.16. The van der Waals surface area contributed by atoms with Crippen LogP contribution in [-0.4, -0.2) is 17.4 Å². The summed E-state index contributed by atoms with van der Waals surface area (Å²) >= 11 is 1.64. The monoisotopic (exact) mass is 278 g/mol. The fraction of sp³-hybridized carbons (Fsp3) is 0.600. The quantitative estimate of drug-likeness (QED) is 0.585. The molecule has 1 aromatic rings. The first kappa shape index (κ1) is 12.9. The van der Waals surface area contributed by atoms with Gasteiger partial charge in [0.25, 0.3) is 0 Å². The lowest BCUT2D eigenvalue weighted by Crippen LogP contribution is -2.39. The molecule has 0 N–H and O–H groups in total. The maximum Gasteiger partial charge on any atom is 0.322 e. The van der Waals surface area contributed by atoms with Gasteiger partial charge >= 0.3 is 5.97 Å². The Kier molecular flexibility index (Phi) is 3.01. The highest BCUT2D eigenvalue weighted by Gasteiger charge is 2.56. The molecule has 4 heteroatoms. The molecule has 1 unspecified atom stereocenters. The maximum atomic E-state index is 12.7. The predicted molar refractivity (Wildman–Crippen MR) is 73.4 cm³/mol. The zero-order chi connectivity index (χ0) is 13.6. The topological polar surface area (TPSA) is 43.4 Å². The molecule has 0 bridgehead atoms. The first-order chi connectivity index (χ1) is 9.03. The van der Waals surface area contributed by atoms with Crippen LogP contribution in [-0.2, 0) is 14.3 Å². The highest BCUT2D eigenvalue weighted by molar-refractivity contribution is 7.12. The number of Topliss-reactive ketones (excluding diaryl/α,β-unsaturated/α-hetero) is 1. The van der Waals surface area contributed by atoms with Gasteiger partial charge in [-0.05, 0) is 51.2 Å². The second-order valence-electron chi connectivity index (χ2n) is 5.64. The number of rotatable bonds is 1. The van der Waals surface area contributed by atoms with Crippen LogP contribution in [0.15, 0.2) is 6.07 Å². The van der Waals surface area contributed by atoms with Crippen LogP contribution in [0.2, 0.25) is 0 Å². The molecule has 1 saturated carbocycles. The average Bonchev–Trinajstić information content (AvgIpc) is 2.79. The Morgan fingerprint density at radius 2 is 1.89 bits per heavy atom. The van der Waals surface area contributed by atoms with Gasteiger partial charge < -0.3 is 4.74 Å². The van der Waals surface area contributed by atoms with Crippen LogP contribution >= 0.6 is 11.3 Å². The van der Waals surface area contributed by atoms with E-state index in [9.17, 15) is 9.59 Å². The molecule has 102 valence electrons. The number of esters is 1. The van der Waals surface area contributed by atoms with Crippen molar-refractivity contribution in [3.8, 4) is 0 Å². The summed E-state index contributed by atoms with van der Waals surface area (Å²) in [5, 5.41) is 0. The Labute approximate surface area is 117 Å². The molecule has 0 radical (unpaired) electrons. The molecule has 2 fully saturated rings. The molecule has 3 rings (SSSR count). The number of aryl methyl sites for hydroxylation is 2. The Bertz CT molecular complexity index is 538. The summed E-state index contributed by atoms with van der Waals surface area (Å²) in [7, 11) is 0. The minimum atomic E-state index is -0.803. The number of hydrogen-bond donors (Lipinski definition) is 0. The number of ether oxygens (including phenoxy) is 1. The van der Waals surface area contributed by atoms with Crippen molar-refractivity contribution in [2.45, 2.75) is 57.5 Å². The molecule has 19 heavy (non-hydrogen) atoms. The molecule has 1 atom stereocenters. The van der Waals surface area contributed by atoms with Crippen molar-refractivity contribution in [1.82, 2.24) is 0 Å². The van der Waals surface area contributed by atoms with Crippen LogP contribution in [0.3, 0.4) is 0 Å². The Balaban J connectivity index is 1.97. The molecular formula is C15H18O3S. The van der Waals surface area contributed by atoms with E-state index in [1.54, 1.807) is 11.3 Å². The fourth-order valence-corrected chi connectivity index (χ4v) is 4.31. The molecule has 2 heterocycles. The zero-order valence-corrected chi connectivity index (χ0v) is 12.1. The van der Waals surface area contributed by atoms with Gasteiger partial charge in [0.05, 0.1) is 0 Å². The summed E-state index contributed by atoms with van der Waals surface area (Å²) in [5.41, 5.74) is 0.0578. The van der Waals surface area contributed by atoms with Crippen LogP contribution < -0.4 is 0 Å². The van der Waals surface area contributed by atoms with Crippen molar-refractivity contribution >= 4 is 23.1 Å². The molecular weight excluding hydrogens is 260 g/mol. The summed E-state index contributed by atoms with van der Waals surface area (Å²) in [6.45, 7) is 3.97. The fourth-order valence-electron chi connectivity index (χ4n) is 3.35. The smallest absolute Gasteiger partial charge is 0.322 e. The lowest BCUT2D eigenvalue weighted by Gasteiger charge is -2.29. The molecule has 1 aliphatic carbocycles. The Morgan fingerprint density at radius 1 is 1.21 bits per heavy atom. The zero-order valence-electron chi connectivity index (χ0n) is 11.3. The normalized spacial score (nSPS) is 25.9. The maximum absolute atomic E-state index is 12.7. The second kappa shape index (κ2) is 4.44. The molecule has 1 aliphatic heterocycles. The summed E-state index contributed by atoms with van der Waals surface area (Å²) in [4.78, 5) is 27.1. The summed E-state index contributed by atoms with van der Waals surface area (Å²) < 4.78 is 5.55. The molecule has 3 nitrogen and oxygen atoms in total. The molecule has 1 spiro atoms. The van der Waals surface area contributed by atoms with Crippen LogP contribution in [0.1, 0.15) is 53.3 Å². The van der Waals surface area contributed by atoms with E-state index in [2.05, 4.69) is 0 Å². The van der Waals surface area contributed by atoms with Crippen LogP contribution in [0, 0.1) is 13.8 Å². The van der Waals surface area contributed by atoms with Crippen LogP contribution in [0.4, 0.5) is 0 Å². The number of ketones is 1. The van der Waals surface area contributed by atoms with Gasteiger partial charge in [-0.2, -0.15) is 0 Å². The largest absolute Gasteiger partial charge is 0.450 e. The highest BCUT2D eigenvalue weighted by Crippen LogP contribution is 2.44. The standard InChI is InChI=1S/C15H18O3S/c1-9-8-11(10(2)19-9)12-13(16)15(18-14(12)17)6-4-3-5-7-15/h8,12H,3-7H2,1-2H3. The molecule has 2 aliphatic rings. The van der Waals surface area contributed by atoms with E-state index in [1.807, 2.05) is 19.9 Å². The third-order valence-corrected chi connectivity index (χ3v) is 5.28. The van der Waals surface area contributed by atoms with E-state index < -0.39 is 11.5 Å². The van der Waals surface area contributed by atoms with E-state index in [0.29, 0.717) is 12.8 Å². The molecule has 1 aromatic heterocycles. The van der Waals surface area contributed by atoms with E-state index >= 15 is 0 Å². The number of carbonyl (C=O) groups excluding carboxylic acids is 2. The first-order valence-corrected chi connectivity index (χ1v) is 7.69.